The molecule has 13 heteroatoms. The number of nitrogens with one attached hydrogen (secondary N) is 4. The van der Waals surface area contributed by atoms with Gasteiger partial charge in [-0.05, 0) is 30.8 Å². The third-order valence-corrected chi connectivity index (χ3v) is 5.72. The average Bonchev–Trinajstić information content (AvgIpc) is 3.26. The van der Waals surface area contributed by atoms with Crippen molar-refractivity contribution in [2.45, 2.75) is 57.3 Å². The summed E-state index contributed by atoms with van der Waals surface area (Å²) < 4.78 is 0. The molecule has 0 saturated heterocycles. The second kappa shape index (κ2) is 14.8. The fraction of sp³-hybridized carbons (Fsp3) is 0.650. The number of aromatic nitrogens is 2. The molecule has 4 unspecified atom stereocenters. The van der Waals surface area contributed by atoms with Gasteiger partial charge in [-0.15, -0.1) is 0 Å². The zero-order valence-electron chi connectivity index (χ0n) is 19.0. The Morgan fingerprint density at radius 1 is 1.12 bits per heavy atom. The fourth-order valence-corrected chi connectivity index (χ4v) is 3.66. The zero-order chi connectivity index (χ0) is 25.0. The van der Waals surface area contributed by atoms with Crippen LogP contribution < -0.4 is 21.7 Å². The lowest BCUT2D eigenvalue weighted by atomic mass is 10.0. The number of thiol groups is 1. The molecular formula is C20H34N6O5S2. The van der Waals surface area contributed by atoms with Crippen molar-refractivity contribution < 1.29 is 24.3 Å². The molecule has 33 heavy (non-hydrogen) atoms. The number of carbonyl (C=O) groups is 4. The Morgan fingerprint density at radius 3 is 2.24 bits per heavy atom. The van der Waals surface area contributed by atoms with E-state index in [1.54, 1.807) is 6.20 Å². The Balaban J connectivity index is 2.88. The van der Waals surface area contributed by atoms with Crippen LogP contribution in [0, 0.1) is 5.92 Å². The van der Waals surface area contributed by atoms with Gasteiger partial charge in [0.2, 0.25) is 17.7 Å². The molecule has 0 spiro atoms. The van der Waals surface area contributed by atoms with E-state index in [1.807, 2.05) is 20.1 Å². The van der Waals surface area contributed by atoms with Crippen molar-refractivity contribution in [2.24, 2.45) is 11.7 Å². The number of carboxylic acid groups (broad SMARTS) is 1. The Morgan fingerprint density at radius 2 is 1.73 bits per heavy atom. The highest BCUT2D eigenvalue weighted by Gasteiger charge is 2.30. The quantitative estimate of drug-likeness (QED) is 0.158. The molecule has 3 amide bonds. The number of amides is 3. The SMILES string of the molecule is CSCCC(NC(=O)C(N)Cc1cnc[nH]1)C(=O)NC(CC(C)C)C(=O)NC(CS)C(=O)O. The molecule has 11 nitrogen and oxygen atoms in total. The van der Waals surface area contributed by atoms with Gasteiger partial charge in [-0.1, -0.05) is 13.8 Å². The second-order valence-electron chi connectivity index (χ2n) is 8.00. The summed E-state index contributed by atoms with van der Waals surface area (Å²) in [4.78, 5) is 56.3. The summed E-state index contributed by atoms with van der Waals surface area (Å²) in [6.45, 7) is 3.75. The molecule has 0 aliphatic rings. The molecule has 0 aliphatic carbocycles. The van der Waals surface area contributed by atoms with Crippen LogP contribution in [-0.2, 0) is 25.6 Å². The number of nitrogens with two attached hydrogens (primary N) is 1. The van der Waals surface area contributed by atoms with Gasteiger partial charge >= 0.3 is 5.97 Å². The van der Waals surface area contributed by atoms with E-state index in [2.05, 4.69) is 38.5 Å². The maximum Gasteiger partial charge on any atom is 0.327 e. The van der Waals surface area contributed by atoms with E-state index in [9.17, 15) is 24.3 Å². The highest BCUT2D eigenvalue weighted by molar-refractivity contribution is 7.98. The van der Waals surface area contributed by atoms with E-state index < -0.39 is 47.9 Å². The van der Waals surface area contributed by atoms with Gasteiger partial charge in [-0.2, -0.15) is 24.4 Å². The molecule has 1 aromatic rings. The van der Waals surface area contributed by atoms with Crippen LogP contribution in [0.15, 0.2) is 12.5 Å². The lowest BCUT2D eigenvalue weighted by Gasteiger charge is -2.25. The molecule has 1 aromatic heterocycles. The van der Waals surface area contributed by atoms with Crippen molar-refractivity contribution in [3.8, 4) is 0 Å². The fourth-order valence-electron chi connectivity index (χ4n) is 2.94. The number of H-pyrrole nitrogens is 1. The predicted molar refractivity (Wildman–Crippen MR) is 130 cm³/mol. The number of hydrogen-bond acceptors (Lipinski definition) is 8. The van der Waals surface area contributed by atoms with Gasteiger partial charge in [-0.25, -0.2) is 9.78 Å². The maximum atomic E-state index is 13.0. The minimum Gasteiger partial charge on any atom is -0.480 e. The van der Waals surface area contributed by atoms with Gasteiger partial charge < -0.3 is 31.8 Å². The molecule has 1 heterocycles. The van der Waals surface area contributed by atoms with Gasteiger partial charge in [0.25, 0.3) is 0 Å². The maximum absolute atomic E-state index is 13.0. The van der Waals surface area contributed by atoms with Crippen LogP contribution in [0.2, 0.25) is 0 Å². The molecule has 0 radical (unpaired) electrons. The highest BCUT2D eigenvalue weighted by atomic mass is 32.2. The smallest absolute Gasteiger partial charge is 0.327 e. The first kappa shape index (κ1) is 28.8. The molecule has 7 N–H and O–H groups in total. The molecule has 1 rings (SSSR count). The van der Waals surface area contributed by atoms with Gasteiger partial charge in [0, 0.05) is 24.1 Å². The number of aromatic amines is 1. The summed E-state index contributed by atoms with van der Waals surface area (Å²) in [6, 6.07) is -3.94. The lowest BCUT2D eigenvalue weighted by molar-refractivity contribution is -0.141. The normalized spacial score (nSPS) is 14.7. The summed E-state index contributed by atoms with van der Waals surface area (Å²) in [5, 5.41) is 16.9. The van der Waals surface area contributed by atoms with Gasteiger partial charge in [0.1, 0.15) is 18.1 Å². The summed E-state index contributed by atoms with van der Waals surface area (Å²) in [6.07, 6.45) is 5.77. The first-order valence-corrected chi connectivity index (χ1v) is 12.6. The van der Waals surface area contributed by atoms with E-state index in [4.69, 9.17) is 5.73 Å². The van der Waals surface area contributed by atoms with Crippen molar-refractivity contribution in [1.29, 1.82) is 0 Å². The van der Waals surface area contributed by atoms with Crippen LogP contribution in [0.1, 0.15) is 32.4 Å². The van der Waals surface area contributed by atoms with E-state index in [-0.39, 0.29) is 18.1 Å². The largest absolute Gasteiger partial charge is 0.480 e. The van der Waals surface area contributed by atoms with Crippen LogP contribution in [0.4, 0.5) is 0 Å². The van der Waals surface area contributed by atoms with E-state index >= 15 is 0 Å². The van der Waals surface area contributed by atoms with Crippen LogP contribution >= 0.6 is 24.4 Å². The highest BCUT2D eigenvalue weighted by Crippen LogP contribution is 2.08. The Bertz CT molecular complexity index is 777. The van der Waals surface area contributed by atoms with Gasteiger partial charge in [0.15, 0.2) is 0 Å². The summed E-state index contributed by atoms with van der Waals surface area (Å²) in [7, 11) is 0. The number of carbonyl (C=O) groups excluding carboxylic acids is 3. The monoisotopic (exact) mass is 502 g/mol. The second-order valence-corrected chi connectivity index (χ2v) is 9.35. The van der Waals surface area contributed by atoms with Gasteiger partial charge in [-0.3, -0.25) is 14.4 Å². The molecule has 0 aliphatic heterocycles. The van der Waals surface area contributed by atoms with Crippen LogP contribution in [-0.4, -0.2) is 80.7 Å². The summed E-state index contributed by atoms with van der Waals surface area (Å²) in [5.41, 5.74) is 6.66. The standard InChI is InChI=1S/C20H34N6O5S2/c1-11(2)6-15(19(29)26-16(9-32)20(30)31)25-18(28)14(4-5-33-3)24-17(27)13(21)7-12-8-22-10-23-12/h8,10-11,13-16,32H,4-7,9,21H2,1-3H3,(H,22,23)(H,24,27)(H,25,28)(H,26,29)(H,30,31). The summed E-state index contributed by atoms with van der Waals surface area (Å²) in [5.74, 6) is -2.34. The average molecular weight is 503 g/mol. The van der Waals surface area contributed by atoms with E-state index in [1.165, 1.54) is 18.1 Å². The molecule has 0 saturated carbocycles. The molecule has 186 valence electrons. The third-order valence-electron chi connectivity index (χ3n) is 4.71. The van der Waals surface area contributed by atoms with Crippen molar-refractivity contribution in [1.82, 2.24) is 25.9 Å². The van der Waals surface area contributed by atoms with Crippen molar-refractivity contribution >= 4 is 48.1 Å². The molecular weight excluding hydrogens is 468 g/mol. The summed E-state index contributed by atoms with van der Waals surface area (Å²) >= 11 is 5.45. The van der Waals surface area contributed by atoms with E-state index in [0.29, 0.717) is 24.3 Å². The number of nitrogens with zero attached hydrogens (tertiary/aromatic N) is 1. The number of thioether (sulfide) groups is 1. The lowest BCUT2D eigenvalue weighted by Crippen LogP contribution is -2.57. The number of hydrogen-bond donors (Lipinski definition) is 7. The third kappa shape index (κ3) is 10.5. The zero-order valence-corrected chi connectivity index (χ0v) is 20.7. The van der Waals surface area contributed by atoms with Crippen molar-refractivity contribution in [3.63, 3.8) is 0 Å². The Labute approximate surface area is 203 Å². The van der Waals surface area contributed by atoms with E-state index in [0.717, 1.165) is 0 Å². The van der Waals surface area contributed by atoms with Crippen molar-refractivity contribution in [3.05, 3.63) is 18.2 Å². The molecule has 0 bridgehead atoms. The number of carboxylic acids is 1. The number of rotatable bonds is 15. The Kier molecular flexibility index (Phi) is 12.9. The first-order valence-electron chi connectivity index (χ1n) is 10.6. The minimum absolute atomic E-state index is 0.0439. The topological polar surface area (TPSA) is 179 Å². The van der Waals surface area contributed by atoms with Crippen molar-refractivity contribution in [2.75, 3.05) is 17.8 Å². The molecule has 0 aromatic carbocycles. The minimum atomic E-state index is -1.22. The molecule has 4 atom stereocenters. The van der Waals surface area contributed by atoms with Crippen LogP contribution in [0.3, 0.4) is 0 Å². The Hall–Kier alpha value is -2.25. The first-order chi connectivity index (χ1) is 15.6. The van der Waals surface area contributed by atoms with Crippen LogP contribution in [0.5, 0.6) is 0 Å². The van der Waals surface area contributed by atoms with Gasteiger partial charge in [0.05, 0.1) is 12.4 Å². The molecule has 0 fully saturated rings. The number of imidazole rings is 1. The predicted octanol–water partition coefficient (Wildman–Crippen LogP) is -0.452. The van der Waals surface area contributed by atoms with Crippen LogP contribution in [0.25, 0.3) is 0 Å². The number of aliphatic carboxylic acids is 1.